The van der Waals surface area contributed by atoms with Gasteiger partial charge in [-0.25, -0.2) is 9.50 Å². The number of nitriles is 1. The van der Waals surface area contributed by atoms with E-state index < -0.39 is 41.9 Å². The summed E-state index contributed by atoms with van der Waals surface area (Å²) < 4.78 is 18.1. The fourth-order valence-electron chi connectivity index (χ4n) is 3.73. The number of nitrogens with zero attached hydrogens (tertiary/aromatic N) is 4. The summed E-state index contributed by atoms with van der Waals surface area (Å²) in [5.74, 6) is -1.27. The molecule has 1 unspecified atom stereocenters. The van der Waals surface area contributed by atoms with Crippen LogP contribution in [0.4, 0.5) is 5.82 Å². The van der Waals surface area contributed by atoms with Crippen LogP contribution in [0.1, 0.15) is 39.8 Å². The van der Waals surface area contributed by atoms with Gasteiger partial charge in [0.2, 0.25) is 5.60 Å². The third-order valence-corrected chi connectivity index (χ3v) is 5.69. The van der Waals surface area contributed by atoms with Crippen molar-refractivity contribution in [3.63, 3.8) is 0 Å². The average molecular weight is 475 g/mol. The zero-order chi connectivity index (χ0) is 25.2. The summed E-state index contributed by atoms with van der Waals surface area (Å²) in [5.41, 5.74) is 10.3. The Kier molecular flexibility index (Phi) is 7.40. The fourth-order valence-corrected chi connectivity index (χ4v) is 3.73. The number of aliphatic hydroxyl groups excluding tert-OH is 1. The van der Waals surface area contributed by atoms with Gasteiger partial charge in [0.05, 0.1) is 5.69 Å². The zero-order valence-electron chi connectivity index (χ0n) is 19.5. The summed E-state index contributed by atoms with van der Waals surface area (Å²) >= 11 is 0. The molecule has 0 aromatic carbocycles. The van der Waals surface area contributed by atoms with Crippen molar-refractivity contribution in [1.29, 1.82) is 5.26 Å². The summed E-state index contributed by atoms with van der Waals surface area (Å²) in [6, 6.07) is 4.11. The number of rotatable bonds is 8. The van der Waals surface area contributed by atoms with Crippen molar-refractivity contribution in [2.75, 3.05) is 12.3 Å². The van der Waals surface area contributed by atoms with Gasteiger partial charge >= 0.3 is 11.9 Å². The minimum atomic E-state index is -2.00. The van der Waals surface area contributed by atoms with Crippen LogP contribution in [0.5, 0.6) is 0 Å². The Bertz CT molecular complexity index is 1100. The molecule has 5 N–H and O–H groups in total. The SMILES string of the molecule is CC(C)CC(=O)OC[C@H]1O[C@@](C#N)(c2ccc3c(N)ncnn23)[C@H](O)[C@@H]1OC(=O)C(N)C(C)C. The van der Waals surface area contributed by atoms with Gasteiger partial charge in [0.1, 0.15) is 42.8 Å². The van der Waals surface area contributed by atoms with E-state index in [1.807, 2.05) is 19.9 Å². The van der Waals surface area contributed by atoms with E-state index in [0.29, 0.717) is 5.52 Å². The maximum atomic E-state index is 12.6. The topological polar surface area (TPSA) is 188 Å². The van der Waals surface area contributed by atoms with E-state index in [1.165, 1.54) is 16.9 Å². The minimum Gasteiger partial charge on any atom is -0.463 e. The van der Waals surface area contributed by atoms with Gasteiger partial charge in [-0.1, -0.05) is 27.7 Å². The van der Waals surface area contributed by atoms with Crippen LogP contribution in [0, 0.1) is 23.2 Å². The molecule has 12 nitrogen and oxygen atoms in total. The Hall–Kier alpha value is -3.27. The molecule has 0 bridgehead atoms. The Morgan fingerprint density at radius 3 is 2.68 bits per heavy atom. The summed E-state index contributed by atoms with van der Waals surface area (Å²) in [4.78, 5) is 28.6. The first kappa shape index (κ1) is 25.4. The van der Waals surface area contributed by atoms with E-state index in [0.717, 1.165) is 0 Å². The van der Waals surface area contributed by atoms with E-state index >= 15 is 0 Å². The second kappa shape index (κ2) is 9.92. The van der Waals surface area contributed by atoms with Crippen molar-refractivity contribution in [2.45, 2.75) is 64.1 Å². The largest absolute Gasteiger partial charge is 0.463 e. The standard InChI is InChI=1S/C22H30N6O6/c1-11(2)7-16(29)32-8-14-18(33-21(31)17(24)12(3)4)19(30)22(9-23,34-14)15-6-5-13-20(25)26-10-27-28(13)15/h5-6,10-12,14,17-19,30H,7-8,24H2,1-4H3,(H2,25,26,27)/t14-,17?,18-,19-,22+/m1/s1. The molecule has 184 valence electrons. The van der Waals surface area contributed by atoms with Crippen LogP contribution in [0.3, 0.4) is 0 Å². The first-order valence-electron chi connectivity index (χ1n) is 11.0. The van der Waals surface area contributed by atoms with Crippen molar-refractivity contribution >= 4 is 23.3 Å². The predicted molar refractivity (Wildman–Crippen MR) is 119 cm³/mol. The van der Waals surface area contributed by atoms with Gasteiger partial charge in [-0.3, -0.25) is 9.59 Å². The van der Waals surface area contributed by atoms with Crippen molar-refractivity contribution < 1.29 is 28.9 Å². The van der Waals surface area contributed by atoms with Crippen LogP contribution >= 0.6 is 0 Å². The number of ether oxygens (including phenoxy) is 3. The highest BCUT2D eigenvalue weighted by Gasteiger charge is 2.60. The number of aromatic nitrogens is 3. The van der Waals surface area contributed by atoms with Crippen molar-refractivity contribution in [3.8, 4) is 6.07 Å². The Morgan fingerprint density at radius 2 is 2.06 bits per heavy atom. The van der Waals surface area contributed by atoms with Crippen LogP contribution in [0.2, 0.25) is 0 Å². The third-order valence-electron chi connectivity index (χ3n) is 5.69. The number of carbonyl (C=O) groups excluding carboxylic acids is 2. The molecule has 0 spiro atoms. The predicted octanol–water partition coefficient (Wildman–Crippen LogP) is 0.274. The Morgan fingerprint density at radius 1 is 1.35 bits per heavy atom. The summed E-state index contributed by atoms with van der Waals surface area (Å²) in [7, 11) is 0. The van der Waals surface area contributed by atoms with Crippen molar-refractivity contribution in [3.05, 3.63) is 24.2 Å². The summed E-state index contributed by atoms with van der Waals surface area (Å²) in [5, 5.41) is 25.5. The highest BCUT2D eigenvalue weighted by molar-refractivity contribution is 5.76. The number of esters is 2. The van der Waals surface area contributed by atoms with Crippen LogP contribution in [-0.2, 0) is 29.4 Å². The average Bonchev–Trinajstić information content (AvgIpc) is 3.32. The number of hydrogen-bond acceptors (Lipinski definition) is 11. The summed E-state index contributed by atoms with van der Waals surface area (Å²) in [6.45, 7) is 6.87. The molecule has 2 aromatic rings. The minimum absolute atomic E-state index is 0.0654. The smallest absolute Gasteiger partial charge is 0.323 e. The molecule has 0 radical (unpaired) electrons. The molecule has 1 aliphatic heterocycles. The molecule has 34 heavy (non-hydrogen) atoms. The lowest BCUT2D eigenvalue weighted by atomic mass is 9.92. The van der Waals surface area contributed by atoms with E-state index in [4.69, 9.17) is 25.7 Å². The van der Waals surface area contributed by atoms with E-state index in [-0.39, 0.29) is 36.4 Å². The molecule has 1 saturated heterocycles. The Labute approximate surface area is 196 Å². The molecule has 0 aliphatic carbocycles. The highest BCUT2D eigenvalue weighted by Crippen LogP contribution is 2.42. The first-order valence-corrected chi connectivity index (χ1v) is 11.0. The van der Waals surface area contributed by atoms with Crippen molar-refractivity contribution in [1.82, 2.24) is 14.6 Å². The second-order valence-corrected chi connectivity index (χ2v) is 9.06. The number of nitrogen functional groups attached to an aromatic ring is 1. The molecular weight excluding hydrogens is 444 g/mol. The number of carbonyl (C=O) groups is 2. The molecule has 3 heterocycles. The lowest BCUT2D eigenvalue weighted by Crippen LogP contribution is -2.46. The van der Waals surface area contributed by atoms with Crippen LogP contribution in [0.25, 0.3) is 5.52 Å². The second-order valence-electron chi connectivity index (χ2n) is 9.06. The molecule has 2 aromatic heterocycles. The maximum absolute atomic E-state index is 12.6. The first-order chi connectivity index (χ1) is 16.0. The molecule has 3 rings (SSSR count). The normalized spacial score (nSPS) is 25.4. The van der Waals surface area contributed by atoms with Crippen LogP contribution in [-0.4, -0.2) is 62.6 Å². The van der Waals surface area contributed by atoms with Crippen LogP contribution in [0.15, 0.2) is 18.5 Å². The van der Waals surface area contributed by atoms with Gasteiger partial charge in [-0.2, -0.15) is 10.4 Å². The Balaban J connectivity index is 1.98. The number of fused-ring (bicyclic) bond motifs is 1. The molecule has 0 saturated carbocycles. The molecule has 12 heteroatoms. The third kappa shape index (κ3) is 4.68. The van der Waals surface area contributed by atoms with Gasteiger partial charge in [0.15, 0.2) is 11.9 Å². The van der Waals surface area contributed by atoms with Gasteiger partial charge in [-0.05, 0) is 24.0 Å². The lowest BCUT2D eigenvalue weighted by molar-refractivity contribution is -0.162. The molecule has 0 amide bonds. The number of nitrogens with two attached hydrogens (primary N) is 2. The monoisotopic (exact) mass is 474 g/mol. The number of hydrogen-bond donors (Lipinski definition) is 3. The van der Waals surface area contributed by atoms with Gasteiger partial charge < -0.3 is 30.8 Å². The molecule has 5 atom stereocenters. The quantitative estimate of drug-likeness (QED) is 0.445. The van der Waals surface area contributed by atoms with E-state index in [9.17, 15) is 20.0 Å². The number of anilines is 1. The van der Waals surface area contributed by atoms with E-state index in [2.05, 4.69) is 10.1 Å². The number of aliphatic hydroxyl groups is 1. The van der Waals surface area contributed by atoms with Crippen LogP contribution < -0.4 is 11.5 Å². The van der Waals surface area contributed by atoms with Gasteiger partial charge in [-0.15, -0.1) is 0 Å². The molecular formula is C22H30N6O6. The highest BCUT2D eigenvalue weighted by atomic mass is 16.6. The van der Waals surface area contributed by atoms with E-state index in [1.54, 1.807) is 19.9 Å². The van der Waals surface area contributed by atoms with Crippen molar-refractivity contribution in [2.24, 2.45) is 17.6 Å². The zero-order valence-corrected chi connectivity index (χ0v) is 19.5. The van der Waals surface area contributed by atoms with Gasteiger partial charge in [0, 0.05) is 6.42 Å². The molecule has 1 aliphatic rings. The lowest BCUT2D eigenvalue weighted by Gasteiger charge is -2.25. The maximum Gasteiger partial charge on any atom is 0.323 e. The summed E-state index contributed by atoms with van der Waals surface area (Å²) in [6.07, 6.45) is -2.76. The van der Waals surface area contributed by atoms with Gasteiger partial charge in [0.25, 0.3) is 0 Å². The molecule has 1 fully saturated rings. The fraction of sp³-hybridized carbons (Fsp3) is 0.591.